The topological polar surface area (TPSA) is 58.1 Å². The van der Waals surface area contributed by atoms with Gasteiger partial charge in [-0.3, -0.25) is 4.79 Å². The number of rotatable bonds is 6. The number of carbonyl (C=O) groups excluding carboxylic acids is 1. The van der Waals surface area contributed by atoms with Crippen LogP contribution in [0.5, 0.6) is 0 Å². The highest BCUT2D eigenvalue weighted by atomic mass is 32.2. The van der Waals surface area contributed by atoms with Crippen LogP contribution in [0.1, 0.15) is 28.8 Å². The molecule has 0 spiro atoms. The van der Waals surface area contributed by atoms with Gasteiger partial charge in [-0.2, -0.15) is 0 Å². The summed E-state index contributed by atoms with van der Waals surface area (Å²) in [6.45, 7) is 2.59. The van der Waals surface area contributed by atoms with Gasteiger partial charge in [-0.15, -0.1) is 22.0 Å². The van der Waals surface area contributed by atoms with Gasteiger partial charge in [0, 0.05) is 35.7 Å². The predicted molar refractivity (Wildman–Crippen MR) is 118 cm³/mol. The van der Waals surface area contributed by atoms with Crippen LogP contribution in [0.25, 0.3) is 11.3 Å². The second-order valence-electron chi connectivity index (χ2n) is 7.08. The average Bonchev–Trinajstić information content (AvgIpc) is 3.33. The lowest BCUT2D eigenvalue weighted by Crippen LogP contribution is -2.22. The number of benzene rings is 2. The second kappa shape index (κ2) is 9.09. The molecule has 1 aromatic heterocycles. The number of thioether (sulfide) groups is 1. The Bertz CT molecular complexity index is 967. The largest absolute Gasteiger partial charge is 0.355 e. The summed E-state index contributed by atoms with van der Waals surface area (Å²) in [5.41, 5.74) is 3.36. The number of anilines is 1. The summed E-state index contributed by atoms with van der Waals surface area (Å²) in [4.78, 5) is 16.1. The fraction of sp³-hybridized carbons (Fsp3) is 0.261. The summed E-state index contributed by atoms with van der Waals surface area (Å²) >= 11 is 1.71. The van der Waals surface area contributed by atoms with Crippen LogP contribution < -0.4 is 10.2 Å². The van der Waals surface area contributed by atoms with Crippen LogP contribution in [0.3, 0.4) is 0 Å². The van der Waals surface area contributed by atoms with E-state index < -0.39 is 0 Å². The minimum absolute atomic E-state index is 0.0950. The Labute approximate surface area is 175 Å². The molecule has 0 saturated carbocycles. The van der Waals surface area contributed by atoms with Gasteiger partial charge in [0.2, 0.25) is 0 Å². The number of hydrogen-bond acceptors (Lipinski definition) is 5. The van der Waals surface area contributed by atoms with Crippen molar-refractivity contribution in [2.24, 2.45) is 0 Å². The van der Waals surface area contributed by atoms with Crippen molar-refractivity contribution in [1.29, 1.82) is 0 Å². The highest BCUT2D eigenvalue weighted by molar-refractivity contribution is 7.98. The monoisotopic (exact) mass is 404 g/mol. The standard InChI is InChI=1S/C23H24N4OS/c1-29-20-9-7-17(8-10-20)16-24-23(28)19-6-4-5-18(15-19)21-11-12-22(26-25-21)27-13-2-3-14-27/h4-12,15H,2-3,13-14,16H2,1H3,(H,24,28). The molecule has 0 aliphatic carbocycles. The molecule has 2 heterocycles. The number of amides is 1. The molecule has 2 aromatic carbocycles. The Morgan fingerprint density at radius 2 is 1.83 bits per heavy atom. The maximum absolute atomic E-state index is 12.6. The summed E-state index contributed by atoms with van der Waals surface area (Å²) in [6, 6.07) is 19.7. The van der Waals surface area contributed by atoms with Gasteiger partial charge >= 0.3 is 0 Å². The van der Waals surface area contributed by atoms with E-state index in [4.69, 9.17) is 0 Å². The molecular weight excluding hydrogens is 380 g/mol. The summed E-state index contributed by atoms with van der Waals surface area (Å²) in [7, 11) is 0. The maximum Gasteiger partial charge on any atom is 0.251 e. The van der Waals surface area contributed by atoms with Crippen molar-refractivity contribution in [3.05, 3.63) is 71.8 Å². The van der Waals surface area contributed by atoms with Gasteiger partial charge in [0.05, 0.1) is 5.69 Å². The lowest BCUT2D eigenvalue weighted by Gasteiger charge is -2.15. The molecule has 3 aromatic rings. The van der Waals surface area contributed by atoms with E-state index in [0.29, 0.717) is 12.1 Å². The van der Waals surface area contributed by atoms with Gasteiger partial charge in [-0.1, -0.05) is 24.3 Å². The van der Waals surface area contributed by atoms with Gasteiger partial charge in [0.1, 0.15) is 0 Å². The summed E-state index contributed by atoms with van der Waals surface area (Å²) < 4.78 is 0. The Balaban J connectivity index is 1.42. The zero-order valence-electron chi connectivity index (χ0n) is 16.5. The van der Waals surface area contributed by atoms with Crippen LogP contribution in [0.4, 0.5) is 5.82 Å². The Hall–Kier alpha value is -2.86. The lowest BCUT2D eigenvalue weighted by molar-refractivity contribution is 0.0951. The molecule has 0 bridgehead atoms. The zero-order chi connectivity index (χ0) is 20.1. The third-order valence-electron chi connectivity index (χ3n) is 5.11. The number of carbonyl (C=O) groups is 1. The summed E-state index contributed by atoms with van der Waals surface area (Å²) in [5.74, 6) is 0.829. The average molecular weight is 405 g/mol. The van der Waals surface area contributed by atoms with Gasteiger partial charge in [-0.05, 0) is 61.1 Å². The quantitative estimate of drug-likeness (QED) is 0.617. The van der Waals surface area contributed by atoms with Crippen molar-refractivity contribution < 1.29 is 4.79 Å². The van der Waals surface area contributed by atoms with Crippen LogP contribution >= 0.6 is 11.8 Å². The molecule has 1 aliphatic rings. The summed E-state index contributed by atoms with van der Waals surface area (Å²) in [5, 5.41) is 11.7. The van der Waals surface area contributed by atoms with E-state index in [1.165, 1.54) is 17.7 Å². The fourth-order valence-electron chi connectivity index (χ4n) is 3.44. The Morgan fingerprint density at radius 1 is 1.03 bits per heavy atom. The van der Waals surface area contributed by atoms with Crippen molar-refractivity contribution in [2.75, 3.05) is 24.2 Å². The van der Waals surface area contributed by atoms with Crippen molar-refractivity contribution in [1.82, 2.24) is 15.5 Å². The molecule has 0 unspecified atom stereocenters. The molecule has 1 N–H and O–H groups in total. The van der Waals surface area contributed by atoms with Crippen LogP contribution in [0.15, 0.2) is 65.6 Å². The molecule has 5 nitrogen and oxygen atoms in total. The van der Waals surface area contributed by atoms with E-state index >= 15 is 0 Å². The first kappa shape index (κ1) is 19.5. The molecule has 4 rings (SSSR count). The van der Waals surface area contributed by atoms with E-state index in [0.717, 1.165) is 35.7 Å². The van der Waals surface area contributed by atoms with E-state index in [2.05, 4.69) is 32.5 Å². The SMILES string of the molecule is CSc1ccc(CNC(=O)c2cccc(-c3ccc(N4CCCC4)nn3)c2)cc1. The minimum Gasteiger partial charge on any atom is -0.355 e. The maximum atomic E-state index is 12.6. The first-order valence-electron chi connectivity index (χ1n) is 9.83. The van der Waals surface area contributed by atoms with Gasteiger partial charge in [0.15, 0.2) is 5.82 Å². The molecular formula is C23H24N4OS. The van der Waals surface area contributed by atoms with Gasteiger partial charge < -0.3 is 10.2 Å². The number of aromatic nitrogens is 2. The molecule has 29 heavy (non-hydrogen) atoms. The van der Waals surface area contributed by atoms with E-state index in [9.17, 15) is 4.79 Å². The molecule has 0 radical (unpaired) electrons. The van der Waals surface area contributed by atoms with Crippen LogP contribution in [0, 0.1) is 0 Å². The van der Waals surface area contributed by atoms with Crippen LogP contribution in [-0.2, 0) is 6.54 Å². The third-order valence-corrected chi connectivity index (χ3v) is 5.86. The number of nitrogens with one attached hydrogen (secondary N) is 1. The molecule has 1 fully saturated rings. The fourth-order valence-corrected chi connectivity index (χ4v) is 3.85. The smallest absolute Gasteiger partial charge is 0.251 e. The highest BCUT2D eigenvalue weighted by Gasteiger charge is 2.14. The molecule has 1 aliphatic heterocycles. The normalized spacial score (nSPS) is 13.5. The molecule has 1 amide bonds. The zero-order valence-corrected chi connectivity index (χ0v) is 17.3. The Kier molecular flexibility index (Phi) is 6.10. The molecule has 1 saturated heterocycles. The summed E-state index contributed by atoms with van der Waals surface area (Å²) in [6.07, 6.45) is 4.47. The third kappa shape index (κ3) is 4.77. The second-order valence-corrected chi connectivity index (χ2v) is 7.96. The van der Waals surface area contributed by atoms with Crippen molar-refractivity contribution >= 4 is 23.5 Å². The first-order valence-corrected chi connectivity index (χ1v) is 11.1. The van der Waals surface area contributed by atoms with E-state index in [1.54, 1.807) is 11.8 Å². The first-order chi connectivity index (χ1) is 14.2. The van der Waals surface area contributed by atoms with E-state index in [-0.39, 0.29) is 5.91 Å². The molecule has 6 heteroatoms. The van der Waals surface area contributed by atoms with Crippen LogP contribution in [0.2, 0.25) is 0 Å². The molecule has 0 atom stereocenters. The lowest BCUT2D eigenvalue weighted by atomic mass is 10.1. The highest BCUT2D eigenvalue weighted by Crippen LogP contribution is 2.22. The number of nitrogens with zero attached hydrogens (tertiary/aromatic N) is 3. The number of hydrogen-bond donors (Lipinski definition) is 1. The van der Waals surface area contributed by atoms with E-state index in [1.807, 2.05) is 54.8 Å². The van der Waals surface area contributed by atoms with Crippen molar-refractivity contribution in [3.63, 3.8) is 0 Å². The molecule has 148 valence electrons. The van der Waals surface area contributed by atoms with Gasteiger partial charge in [0.25, 0.3) is 5.91 Å². The minimum atomic E-state index is -0.0950. The van der Waals surface area contributed by atoms with Crippen molar-refractivity contribution in [3.8, 4) is 11.3 Å². The van der Waals surface area contributed by atoms with Gasteiger partial charge in [-0.25, -0.2) is 0 Å². The Morgan fingerprint density at radius 3 is 2.52 bits per heavy atom. The predicted octanol–water partition coefficient (Wildman–Crippen LogP) is 4.40. The van der Waals surface area contributed by atoms with Crippen molar-refractivity contribution in [2.45, 2.75) is 24.3 Å². The van der Waals surface area contributed by atoms with Crippen LogP contribution in [-0.4, -0.2) is 35.4 Å².